The lowest BCUT2D eigenvalue weighted by molar-refractivity contribution is -0.122. The number of nitrogens with zero attached hydrogens (tertiary/aromatic N) is 1. The normalized spacial score (nSPS) is 21.8. The third kappa shape index (κ3) is 6.54. The van der Waals surface area contributed by atoms with E-state index >= 15 is 0 Å². The average molecular weight is 433 g/mol. The first-order valence-electron chi connectivity index (χ1n) is 10.3. The highest BCUT2D eigenvalue weighted by atomic mass is 32.2. The minimum atomic E-state index is -2.98. The van der Waals surface area contributed by atoms with Crippen LogP contribution in [-0.4, -0.2) is 54.8 Å². The highest BCUT2D eigenvalue weighted by molar-refractivity contribution is 7.91. The van der Waals surface area contributed by atoms with E-state index in [1.165, 1.54) is 6.92 Å². The quantitative estimate of drug-likeness (QED) is 0.598. The van der Waals surface area contributed by atoms with E-state index in [4.69, 9.17) is 0 Å². The Labute approximate surface area is 177 Å². The second-order valence-corrected chi connectivity index (χ2v) is 10.3. The van der Waals surface area contributed by atoms with Gasteiger partial charge in [-0.1, -0.05) is 31.1 Å². The molecule has 8 nitrogen and oxygen atoms in total. The summed E-state index contributed by atoms with van der Waals surface area (Å²) in [5, 5.41) is 8.75. The number of hydrogen-bond acceptors (Lipinski definition) is 6. The molecule has 1 atom stereocenters. The highest BCUT2D eigenvalue weighted by Crippen LogP contribution is 2.27. The zero-order valence-electron chi connectivity index (χ0n) is 17.2. The first-order valence-corrected chi connectivity index (χ1v) is 12.1. The van der Waals surface area contributed by atoms with Crippen LogP contribution in [0.1, 0.15) is 51.0 Å². The van der Waals surface area contributed by atoms with E-state index in [0.717, 1.165) is 32.1 Å². The van der Waals surface area contributed by atoms with E-state index < -0.39 is 15.4 Å². The molecule has 162 valence electrons. The molecular formula is C21H28N4O4S. The van der Waals surface area contributed by atoms with Crippen LogP contribution in [0.4, 0.5) is 5.82 Å². The van der Waals surface area contributed by atoms with Crippen molar-refractivity contribution in [3.63, 3.8) is 0 Å². The van der Waals surface area contributed by atoms with E-state index in [0.29, 0.717) is 17.8 Å². The van der Waals surface area contributed by atoms with Crippen molar-refractivity contribution >= 4 is 27.5 Å². The smallest absolute Gasteiger partial charge is 0.235 e. The molecule has 2 heterocycles. The second kappa shape index (κ2) is 9.58. The summed E-state index contributed by atoms with van der Waals surface area (Å²) >= 11 is 0. The monoisotopic (exact) mass is 432 g/mol. The van der Waals surface area contributed by atoms with E-state index in [-0.39, 0.29) is 35.9 Å². The van der Waals surface area contributed by atoms with Crippen molar-refractivity contribution in [2.75, 3.05) is 23.4 Å². The van der Waals surface area contributed by atoms with Gasteiger partial charge in [-0.25, -0.2) is 13.4 Å². The molecule has 30 heavy (non-hydrogen) atoms. The Kier molecular flexibility index (Phi) is 7.10. The molecule has 3 rings (SSSR count). The molecule has 0 radical (unpaired) electrons. The number of amides is 2. The molecule has 2 aliphatic rings. The van der Waals surface area contributed by atoms with Gasteiger partial charge in [-0.05, 0) is 31.4 Å². The predicted molar refractivity (Wildman–Crippen MR) is 114 cm³/mol. The van der Waals surface area contributed by atoms with Gasteiger partial charge in [0.2, 0.25) is 11.8 Å². The van der Waals surface area contributed by atoms with E-state index in [9.17, 15) is 18.0 Å². The summed E-state index contributed by atoms with van der Waals surface area (Å²) in [4.78, 5) is 27.8. The van der Waals surface area contributed by atoms with Crippen molar-refractivity contribution in [1.29, 1.82) is 0 Å². The Morgan fingerprint density at radius 3 is 2.60 bits per heavy atom. The van der Waals surface area contributed by atoms with Crippen molar-refractivity contribution in [1.82, 2.24) is 15.6 Å². The third-order valence-electron chi connectivity index (χ3n) is 5.38. The summed E-state index contributed by atoms with van der Waals surface area (Å²) in [5.74, 6) is 6.74. The minimum Gasteiger partial charge on any atom is -0.339 e. The number of carbonyl (C=O) groups is 2. The fourth-order valence-corrected chi connectivity index (χ4v) is 5.56. The lowest BCUT2D eigenvalue weighted by Crippen LogP contribution is -2.52. The summed E-state index contributed by atoms with van der Waals surface area (Å²) in [5.41, 5.74) is 0.118. The SMILES string of the molecule is CC(=O)Nc1ccc(C#CC2(NC(=O)CNC3CCS(=O)(=O)C3)CCCCC2)cn1. The summed E-state index contributed by atoms with van der Waals surface area (Å²) in [7, 11) is -2.98. The lowest BCUT2D eigenvalue weighted by atomic mass is 9.82. The number of aromatic nitrogens is 1. The van der Waals surface area contributed by atoms with Crippen LogP contribution in [0.15, 0.2) is 18.3 Å². The van der Waals surface area contributed by atoms with Crippen molar-refractivity contribution in [3.05, 3.63) is 23.9 Å². The number of sulfone groups is 1. The molecule has 1 saturated carbocycles. The molecule has 1 aliphatic carbocycles. The Morgan fingerprint density at radius 2 is 2.00 bits per heavy atom. The third-order valence-corrected chi connectivity index (χ3v) is 7.15. The predicted octanol–water partition coefficient (Wildman–Crippen LogP) is 0.987. The number of hydrogen-bond donors (Lipinski definition) is 3. The fourth-order valence-electron chi connectivity index (χ4n) is 3.85. The molecule has 0 spiro atoms. The number of rotatable bonds is 5. The zero-order chi connectivity index (χ0) is 21.6. The summed E-state index contributed by atoms with van der Waals surface area (Å²) in [6.45, 7) is 1.50. The van der Waals surface area contributed by atoms with Gasteiger partial charge >= 0.3 is 0 Å². The average Bonchev–Trinajstić information content (AvgIpc) is 3.05. The molecule has 1 saturated heterocycles. The summed E-state index contributed by atoms with van der Waals surface area (Å²) in [6, 6.07) is 3.31. The standard InChI is InChI=1S/C21H28N4O4S/c1-16(26)24-19-6-5-17(13-23-19)7-11-21(9-3-2-4-10-21)25-20(27)14-22-18-8-12-30(28,29)15-18/h5-6,13,18,22H,2-4,8-10,12,14-15H2,1H3,(H,25,27)(H,23,24,26). The summed E-state index contributed by atoms with van der Waals surface area (Å²) < 4.78 is 23.1. The largest absolute Gasteiger partial charge is 0.339 e. The molecule has 3 N–H and O–H groups in total. The second-order valence-electron chi connectivity index (χ2n) is 8.04. The van der Waals surface area contributed by atoms with Gasteiger partial charge in [-0.2, -0.15) is 0 Å². The van der Waals surface area contributed by atoms with Crippen molar-refractivity contribution < 1.29 is 18.0 Å². The lowest BCUT2D eigenvalue weighted by Gasteiger charge is -2.33. The van der Waals surface area contributed by atoms with Gasteiger partial charge in [-0.3, -0.25) is 9.59 Å². The van der Waals surface area contributed by atoms with Gasteiger partial charge in [0, 0.05) is 24.7 Å². The summed E-state index contributed by atoms with van der Waals surface area (Å²) in [6.07, 6.45) is 6.79. The van der Waals surface area contributed by atoms with E-state index in [2.05, 4.69) is 32.8 Å². The molecular weight excluding hydrogens is 404 g/mol. The van der Waals surface area contributed by atoms with Gasteiger partial charge in [0.05, 0.1) is 18.1 Å². The van der Waals surface area contributed by atoms with Crippen molar-refractivity contribution in [3.8, 4) is 11.8 Å². The van der Waals surface area contributed by atoms with Crippen LogP contribution in [0, 0.1) is 11.8 Å². The molecule has 1 unspecified atom stereocenters. The van der Waals surface area contributed by atoms with Crippen LogP contribution in [0.25, 0.3) is 0 Å². The zero-order valence-corrected chi connectivity index (χ0v) is 18.0. The maximum atomic E-state index is 12.5. The number of pyridine rings is 1. The van der Waals surface area contributed by atoms with Crippen LogP contribution in [0.2, 0.25) is 0 Å². The number of anilines is 1. The molecule has 1 aromatic heterocycles. The first-order chi connectivity index (χ1) is 14.3. The van der Waals surface area contributed by atoms with Gasteiger partial charge < -0.3 is 16.0 Å². The van der Waals surface area contributed by atoms with Crippen LogP contribution in [0.5, 0.6) is 0 Å². The van der Waals surface area contributed by atoms with E-state index in [1.807, 2.05) is 0 Å². The number of nitrogens with one attached hydrogen (secondary N) is 3. The van der Waals surface area contributed by atoms with Crippen molar-refractivity contribution in [2.24, 2.45) is 0 Å². The minimum absolute atomic E-state index is 0.0799. The Balaban J connectivity index is 1.62. The first kappa shape index (κ1) is 22.2. The molecule has 1 aromatic rings. The van der Waals surface area contributed by atoms with Crippen LogP contribution in [0.3, 0.4) is 0 Å². The molecule has 0 bridgehead atoms. The molecule has 2 amide bonds. The molecule has 0 aromatic carbocycles. The van der Waals surface area contributed by atoms with Crippen molar-refractivity contribution in [2.45, 2.75) is 57.0 Å². The van der Waals surface area contributed by atoms with Gasteiger partial charge in [0.15, 0.2) is 9.84 Å². The topological polar surface area (TPSA) is 117 Å². The van der Waals surface area contributed by atoms with E-state index in [1.54, 1.807) is 18.3 Å². The maximum absolute atomic E-state index is 12.5. The number of carbonyl (C=O) groups excluding carboxylic acids is 2. The Bertz CT molecular complexity index is 941. The van der Waals surface area contributed by atoms with Crippen LogP contribution in [-0.2, 0) is 19.4 Å². The highest BCUT2D eigenvalue weighted by Gasteiger charge is 2.32. The fraction of sp³-hybridized carbons (Fsp3) is 0.571. The molecule has 2 fully saturated rings. The Morgan fingerprint density at radius 1 is 1.23 bits per heavy atom. The van der Waals surface area contributed by atoms with Gasteiger partial charge in [-0.15, -0.1) is 0 Å². The Hall–Kier alpha value is -2.44. The molecule has 9 heteroatoms. The van der Waals surface area contributed by atoms with Gasteiger partial charge in [0.1, 0.15) is 11.4 Å². The van der Waals surface area contributed by atoms with Gasteiger partial charge in [0.25, 0.3) is 0 Å². The van der Waals surface area contributed by atoms with Crippen LogP contribution < -0.4 is 16.0 Å². The molecule has 1 aliphatic heterocycles. The maximum Gasteiger partial charge on any atom is 0.235 e. The van der Waals surface area contributed by atoms with Crippen LogP contribution >= 0.6 is 0 Å².